The Kier molecular flexibility index (Phi) is 4.20. The van der Waals surface area contributed by atoms with Crippen molar-refractivity contribution in [1.82, 2.24) is 4.90 Å². The first-order valence-electron chi connectivity index (χ1n) is 5.42. The average molecular weight is 249 g/mol. The molecule has 0 radical (unpaired) electrons. The molecule has 2 rings (SSSR count). The van der Waals surface area contributed by atoms with Gasteiger partial charge < -0.3 is 21.5 Å². The van der Waals surface area contributed by atoms with Gasteiger partial charge in [0.1, 0.15) is 0 Å². The van der Waals surface area contributed by atoms with Gasteiger partial charge in [-0.3, -0.25) is 4.90 Å². The Hall–Kier alpha value is 0.400. The molecule has 0 aromatic heterocycles. The molecule has 0 N–H and O–H groups in total. The van der Waals surface area contributed by atoms with Crippen LogP contribution in [0.2, 0.25) is 0 Å². The van der Waals surface area contributed by atoms with Crippen molar-refractivity contribution in [2.75, 3.05) is 45.8 Å². The molecule has 0 saturated carbocycles. The highest BCUT2D eigenvalue weighted by Crippen LogP contribution is 2.21. The summed E-state index contributed by atoms with van der Waals surface area (Å²) >= 11 is 0. The quantitative estimate of drug-likeness (QED) is 0.483. The van der Waals surface area contributed by atoms with E-state index < -0.39 is 0 Å². The van der Waals surface area contributed by atoms with E-state index in [2.05, 4.69) is 11.8 Å². The van der Waals surface area contributed by atoms with E-state index >= 15 is 0 Å². The Bertz CT molecular complexity index is 145. The van der Waals surface area contributed by atoms with E-state index in [9.17, 15) is 0 Å². The van der Waals surface area contributed by atoms with Gasteiger partial charge in [0.2, 0.25) is 0 Å². The lowest BCUT2D eigenvalue weighted by molar-refractivity contribution is -0.920. The van der Waals surface area contributed by atoms with Crippen molar-refractivity contribution in [3.63, 3.8) is 0 Å². The summed E-state index contributed by atoms with van der Waals surface area (Å²) in [4.78, 5) is 2.59. The smallest absolute Gasteiger partial charge is 0.0916 e. The molecule has 2 fully saturated rings. The SMILES string of the molecule is CCN1CC[N+]2(CCCC2)CC1.[Br-]. The van der Waals surface area contributed by atoms with Crippen LogP contribution in [-0.4, -0.2) is 55.2 Å². The molecule has 2 aliphatic heterocycles. The fraction of sp³-hybridized carbons (Fsp3) is 1.00. The summed E-state index contributed by atoms with van der Waals surface area (Å²) < 4.78 is 1.45. The zero-order valence-corrected chi connectivity index (χ0v) is 10.2. The van der Waals surface area contributed by atoms with Gasteiger partial charge in [0, 0.05) is 25.9 Å². The van der Waals surface area contributed by atoms with Crippen LogP contribution in [0, 0.1) is 0 Å². The molecule has 2 aliphatic rings. The van der Waals surface area contributed by atoms with Gasteiger partial charge in [-0.2, -0.15) is 0 Å². The van der Waals surface area contributed by atoms with E-state index in [0.717, 1.165) is 0 Å². The van der Waals surface area contributed by atoms with E-state index in [4.69, 9.17) is 0 Å². The molecule has 0 aliphatic carbocycles. The second-order valence-electron chi connectivity index (χ2n) is 4.38. The van der Waals surface area contributed by atoms with Crippen LogP contribution in [0.5, 0.6) is 0 Å². The Balaban J connectivity index is 0.000000845. The van der Waals surface area contributed by atoms with Crippen LogP contribution in [0.3, 0.4) is 0 Å². The van der Waals surface area contributed by atoms with Crippen LogP contribution in [0.25, 0.3) is 0 Å². The van der Waals surface area contributed by atoms with Crippen molar-refractivity contribution in [2.24, 2.45) is 0 Å². The normalized spacial score (nSPS) is 27.5. The highest BCUT2D eigenvalue weighted by Gasteiger charge is 2.34. The molecule has 2 nitrogen and oxygen atoms in total. The molecular formula is C10H21BrN2. The molecule has 2 saturated heterocycles. The molecule has 0 bridgehead atoms. The Labute approximate surface area is 92.3 Å². The third kappa shape index (κ3) is 2.45. The standard InChI is InChI=1S/C10H21N2.BrH/c1-2-11-5-9-12(10-6-11)7-3-4-8-12;/h2-10H2,1H3;1H/q+1;/p-1. The summed E-state index contributed by atoms with van der Waals surface area (Å²) in [6, 6.07) is 0. The molecule has 78 valence electrons. The second kappa shape index (κ2) is 4.76. The number of nitrogens with zero attached hydrogens (tertiary/aromatic N) is 2. The first-order chi connectivity index (χ1) is 5.85. The Morgan fingerprint density at radius 3 is 2.00 bits per heavy atom. The second-order valence-corrected chi connectivity index (χ2v) is 4.38. The Morgan fingerprint density at radius 2 is 1.54 bits per heavy atom. The summed E-state index contributed by atoms with van der Waals surface area (Å²) in [5, 5.41) is 0. The maximum absolute atomic E-state index is 2.59. The lowest BCUT2D eigenvalue weighted by atomic mass is 10.2. The van der Waals surface area contributed by atoms with Gasteiger partial charge in [0.25, 0.3) is 0 Å². The maximum Gasteiger partial charge on any atom is 0.0916 e. The maximum atomic E-state index is 2.59. The molecule has 13 heavy (non-hydrogen) atoms. The lowest BCUT2D eigenvalue weighted by Crippen LogP contribution is -3.00. The molecule has 0 atom stereocenters. The average Bonchev–Trinajstić information content (AvgIpc) is 2.55. The van der Waals surface area contributed by atoms with Gasteiger partial charge in [0.15, 0.2) is 0 Å². The van der Waals surface area contributed by atoms with Gasteiger partial charge in [-0.25, -0.2) is 0 Å². The summed E-state index contributed by atoms with van der Waals surface area (Å²) in [6.45, 7) is 12.0. The molecule has 3 heteroatoms. The van der Waals surface area contributed by atoms with Crippen molar-refractivity contribution in [2.45, 2.75) is 19.8 Å². The lowest BCUT2D eigenvalue weighted by Gasteiger charge is -2.41. The van der Waals surface area contributed by atoms with Gasteiger partial charge in [-0.1, -0.05) is 6.92 Å². The highest BCUT2D eigenvalue weighted by molar-refractivity contribution is 4.65. The number of quaternary nitrogens is 1. The molecule has 0 unspecified atom stereocenters. The van der Waals surface area contributed by atoms with Crippen LogP contribution in [0.1, 0.15) is 19.8 Å². The van der Waals surface area contributed by atoms with Gasteiger partial charge >= 0.3 is 0 Å². The van der Waals surface area contributed by atoms with E-state index in [1.165, 1.54) is 63.1 Å². The highest BCUT2D eigenvalue weighted by atomic mass is 79.9. The molecule has 0 aromatic carbocycles. The molecular weight excluding hydrogens is 228 g/mol. The van der Waals surface area contributed by atoms with Gasteiger partial charge in [-0.15, -0.1) is 0 Å². The largest absolute Gasteiger partial charge is 1.00 e. The zero-order valence-electron chi connectivity index (χ0n) is 8.64. The number of halogens is 1. The number of likely N-dealkylation sites (N-methyl/N-ethyl adjacent to an activating group) is 1. The van der Waals surface area contributed by atoms with Crippen LogP contribution in [-0.2, 0) is 0 Å². The van der Waals surface area contributed by atoms with Crippen molar-refractivity contribution in [3.8, 4) is 0 Å². The summed E-state index contributed by atoms with van der Waals surface area (Å²) in [5.74, 6) is 0. The fourth-order valence-electron chi connectivity index (χ4n) is 2.70. The minimum absolute atomic E-state index is 0. The van der Waals surface area contributed by atoms with E-state index in [-0.39, 0.29) is 17.0 Å². The third-order valence-electron chi connectivity index (χ3n) is 3.74. The number of piperazine rings is 1. The molecule has 0 amide bonds. The predicted octanol–water partition coefficient (Wildman–Crippen LogP) is -2.06. The predicted molar refractivity (Wildman–Crippen MR) is 51.1 cm³/mol. The van der Waals surface area contributed by atoms with Gasteiger partial charge in [0.05, 0.1) is 26.2 Å². The van der Waals surface area contributed by atoms with Crippen molar-refractivity contribution >= 4 is 0 Å². The number of hydrogen-bond donors (Lipinski definition) is 0. The van der Waals surface area contributed by atoms with E-state index in [1.807, 2.05) is 0 Å². The zero-order chi connectivity index (χ0) is 8.44. The summed E-state index contributed by atoms with van der Waals surface area (Å²) in [6.07, 6.45) is 2.96. The monoisotopic (exact) mass is 248 g/mol. The molecule has 2 heterocycles. The van der Waals surface area contributed by atoms with E-state index in [1.54, 1.807) is 0 Å². The van der Waals surface area contributed by atoms with Crippen LogP contribution in [0.15, 0.2) is 0 Å². The number of rotatable bonds is 1. The van der Waals surface area contributed by atoms with Crippen LogP contribution in [0.4, 0.5) is 0 Å². The topological polar surface area (TPSA) is 3.24 Å². The van der Waals surface area contributed by atoms with Crippen LogP contribution >= 0.6 is 0 Å². The summed E-state index contributed by atoms with van der Waals surface area (Å²) in [5.41, 5.74) is 0. The van der Waals surface area contributed by atoms with Crippen molar-refractivity contribution in [3.05, 3.63) is 0 Å². The first-order valence-corrected chi connectivity index (χ1v) is 5.42. The first kappa shape index (κ1) is 11.5. The minimum Gasteiger partial charge on any atom is -1.00 e. The van der Waals surface area contributed by atoms with E-state index in [0.29, 0.717) is 0 Å². The fourth-order valence-corrected chi connectivity index (χ4v) is 2.70. The third-order valence-corrected chi connectivity index (χ3v) is 3.74. The van der Waals surface area contributed by atoms with Crippen molar-refractivity contribution < 1.29 is 21.5 Å². The number of hydrogen-bond acceptors (Lipinski definition) is 1. The molecule has 1 spiro atoms. The minimum atomic E-state index is 0. The molecule has 0 aromatic rings. The van der Waals surface area contributed by atoms with Gasteiger partial charge in [-0.05, 0) is 6.54 Å². The van der Waals surface area contributed by atoms with Crippen LogP contribution < -0.4 is 17.0 Å². The summed E-state index contributed by atoms with van der Waals surface area (Å²) in [7, 11) is 0. The van der Waals surface area contributed by atoms with Crippen molar-refractivity contribution in [1.29, 1.82) is 0 Å². The Morgan fingerprint density at radius 1 is 1.00 bits per heavy atom.